The van der Waals surface area contributed by atoms with Gasteiger partial charge in [-0.1, -0.05) is 6.92 Å². The van der Waals surface area contributed by atoms with Crippen LogP contribution < -0.4 is 10.6 Å². The van der Waals surface area contributed by atoms with Crippen molar-refractivity contribution in [1.29, 1.82) is 0 Å². The molecule has 0 aromatic rings. The van der Waals surface area contributed by atoms with E-state index in [2.05, 4.69) is 10.6 Å². The molecule has 1 saturated carbocycles. The van der Waals surface area contributed by atoms with Crippen molar-refractivity contribution >= 4 is 18.1 Å². The molecular formula is C28H51N3O10. The van der Waals surface area contributed by atoms with Crippen LogP contribution >= 0.6 is 0 Å². The van der Waals surface area contributed by atoms with E-state index in [9.17, 15) is 34.8 Å². The van der Waals surface area contributed by atoms with E-state index >= 15 is 0 Å². The Kier molecular flexibility index (Phi) is 11.5. The first-order valence-electron chi connectivity index (χ1n) is 14.2. The highest BCUT2D eigenvalue weighted by Crippen LogP contribution is 2.37. The van der Waals surface area contributed by atoms with Crippen molar-refractivity contribution < 1.29 is 49.0 Å². The number of carbonyl (C=O) groups excluding carboxylic acids is 3. The van der Waals surface area contributed by atoms with Crippen molar-refractivity contribution in [2.45, 2.75) is 128 Å². The molecule has 2 fully saturated rings. The summed E-state index contributed by atoms with van der Waals surface area (Å²) in [6.45, 7) is 13.1. The molecule has 0 bridgehead atoms. The number of nitrogens with zero attached hydrogens (tertiary/aromatic N) is 1. The first-order valence-corrected chi connectivity index (χ1v) is 14.2. The van der Waals surface area contributed by atoms with Crippen LogP contribution in [-0.2, 0) is 19.0 Å². The van der Waals surface area contributed by atoms with Gasteiger partial charge in [0.05, 0.1) is 31.4 Å². The van der Waals surface area contributed by atoms with Crippen LogP contribution in [0, 0.1) is 11.8 Å². The van der Waals surface area contributed by atoms with Gasteiger partial charge in [0, 0.05) is 19.0 Å². The third-order valence-corrected chi connectivity index (χ3v) is 7.31. The molecule has 13 heteroatoms. The molecule has 1 heterocycles. The number of hydrogen-bond donors (Lipinski definition) is 6. The van der Waals surface area contributed by atoms with Gasteiger partial charge in [-0.3, -0.25) is 4.79 Å². The zero-order chi connectivity index (χ0) is 31.5. The second kappa shape index (κ2) is 13.4. The zero-order valence-electron chi connectivity index (χ0n) is 25.8. The summed E-state index contributed by atoms with van der Waals surface area (Å²) < 4.78 is 16.4. The Morgan fingerprint density at radius 1 is 1.07 bits per heavy atom. The average molecular weight is 590 g/mol. The number of alkyl carbamates (subject to hydrolysis) is 1. The van der Waals surface area contributed by atoms with E-state index in [1.54, 1.807) is 41.5 Å². The topological polar surface area (TPSA) is 187 Å². The SMILES string of the molecule is CC1CC(O)C(CC2OCC(C)(O)C(N(C)C(=O)OC(C)(C)C)C2O)C(NC(=O)C(O)CNC(=O)OC(C)(C)C)C1. The molecule has 3 amide bonds. The van der Waals surface area contributed by atoms with Gasteiger partial charge in [0.1, 0.15) is 29.0 Å². The molecule has 2 rings (SSSR count). The Bertz CT molecular complexity index is 916. The number of likely N-dealkylation sites (N-methyl/N-ethyl adjacent to an activating group) is 1. The van der Waals surface area contributed by atoms with Gasteiger partial charge in [0.25, 0.3) is 5.91 Å². The number of ether oxygens (including phenoxy) is 3. The molecule has 9 atom stereocenters. The van der Waals surface area contributed by atoms with E-state index < -0.39 is 77.3 Å². The number of aliphatic hydroxyl groups excluding tert-OH is 3. The van der Waals surface area contributed by atoms with Crippen LogP contribution in [0.3, 0.4) is 0 Å². The van der Waals surface area contributed by atoms with Crippen LogP contribution in [0.15, 0.2) is 0 Å². The molecule has 9 unspecified atom stereocenters. The summed E-state index contributed by atoms with van der Waals surface area (Å²) in [6.07, 6.45) is -5.02. The Hall–Kier alpha value is -2.19. The maximum Gasteiger partial charge on any atom is 0.410 e. The Morgan fingerprint density at radius 2 is 1.66 bits per heavy atom. The molecule has 6 N–H and O–H groups in total. The smallest absolute Gasteiger partial charge is 0.410 e. The maximum atomic E-state index is 12.8. The van der Waals surface area contributed by atoms with Crippen LogP contribution in [0.2, 0.25) is 0 Å². The third-order valence-electron chi connectivity index (χ3n) is 7.31. The van der Waals surface area contributed by atoms with Crippen molar-refractivity contribution in [2.24, 2.45) is 11.8 Å². The highest BCUT2D eigenvalue weighted by atomic mass is 16.6. The first-order chi connectivity index (χ1) is 18.6. The number of carbonyl (C=O) groups is 3. The molecule has 41 heavy (non-hydrogen) atoms. The van der Waals surface area contributed by atoms with Crippen LogP contribution in [0.4, 0.5) is 9.59 Å². The highest BCUT2D eigenvalue weighted by Gasteiger charge is 2.51. The fourth-order valence-electron chi connectivity index (χ4n) is 5.51. The second-order valence-electron chi connectivity index (χ2n) is 13.8. The number of nitrogens with one attached hydrogen (secondary N) is 2. The monoisotopic (exact) mass is 589 g/mol. The van der Waals surface area contributed by atoms with E-state index in [1.165, 1.54) is 14.0 Å². The summed E-state index contributed by atoms with van der Waals surface area (Å²) in [6, 6.07) is -1.64. The zero-order valence-corrected chi connectivity index (χ0v) is 25.8. The lowest BCUT2D eigenvalue weighted by atomic mass is 9.72. The van der Waals surface area contributed by atoms with Gasteiger partial charge < -0.3 is 50.2 Å². The van der Waals surface area contributed by atoms with Crippen molar-refractivity contribution in [2.75, 3.05) is 20.2 Å². The van der Waals surface area contributed by atoms with E-state index in [1.807, 2.05) is 6.92 Å². The Labute approximate surface area is 242 Å². The van der Waals surface area contributed by atoms with Gasteiger partial charge in [0.15, 0.2) is 0 Å². The molecule has 2 aliphatic rings. The van der Waals surface area contributed by atoms with Crippen LogP contribution in [0.1, 0.15) is 74.7 Å². The standard InChI is InChI=1S/C28H51N3O10/c1-15-10-17(30-23(35)19(33)13-29-24(36)40-26(2,3)4)16(18(32)11-15)12-20-21(34)22(28(8,38)14-39-20)31(9)25(37)41-27(5,6)7/h15-22,32-34,38H,10-14H2,1-9H3,(H,29,36)(H,30,35). The first kappa shape index (κ1) is 35.0. The number of rotatable bonds is 7. The van der Waals surface area contributed by atoms with Crippen molar-refractivity contribution in [3.05, 3.63) is 0 Å². The van der Waals surface area contributed by atoms with Crippen molar-refractivity contribution in [1.82, 2.24) is 15.5 Å². The van der Waals surface area contributed by atoms with Crippen LogP contribution in [0.5, 0.6) is 0 Å². The lowest BCUT2D eigenvalue weighted by molar-refractivity contribution is -0.209. The molecule has 238 valence electrons. The Morgan fingerprint density at radius 3 is 2.22 bits per heavy atom. The fourth-order valence-corrected chi connectivity index (χ4v) is 5.51. The Balaban J connectivity index is 2.13. The summed E-state index contributed by atoms with van der Waals surface area (Å²) in [5.41, 5.74) is -3.10. The highest BCUT2D eigenvalue weighted by molar-refractivity contribution is 5.81. The maximum absolute atomic E-state index is 12.8. The van der Waals surface area contributed by atoms with Gasteiger partial charge in [-0.05, 0) is 73.6 Å². The summed E-state index contributed by atoms with van der Waals surface area (Å²) in [5, 5.41) is 48.8. The van der Waals surface area contributed by atoms with Crippen LogP contribution in [-0.4, -0.2) is 117 Å². The van der Waals surface area contributed by atoms with Gasteiger partial charge >= 0.3 is 12.2 Å². The molecule has 0 radical (unpaired) electrons. The van der Waals surface area contributed by atoms with E-state index in [0.29, 0.717) is 12.8 Å². The lowest BCUT2D eigenvalue weighted by Gasteiger charge is -2.49. The molecular weight excluding hydrogens is 538 g/mol. The number of hydrogen-bond acceptors (Lipinski definition) is 10. The normalized spacial score (nSPS) is 33.3. The van der Waals surface area contributed by atoms with Crippen LogP contribution in [0.25, 0.3) is 0 Å². The van der Waals surface area contributed by atoms with Crippen molar-refractivity contribution in [3.8, 4) is 0 Å². The predicted molar refractivity (Wildman–Crippen MR) is 149 cm³/mol. The quantitative estimate of drug-likeness (QED) is 0.249. The summed E-state index contributed by atoms with van der Waals surface area (Å²) in [5.74, 6) is -1.23. The predicted octanol–water partition coefficient (Wildman–Crippen LogP) is 0.900. The molecule has 13 nitrogen and oxygen atoms in total. The molecule has 0 aromatic carbocycles. The van der Waals surface area contributed by atoms with E-state index in [-0.39, 0.29) is 25.5 Å². The molecule has 0 aromatic heterocycles. The summed E-state index contributed by atoms with van der Waals surface area (Å²) >= 11 is 0. The van der Waals surface area contributed by atoms with E-state index in [4.69, 9.17) is 14.2 Å². The van der Waals surface area contributed by atoms with Gasteiger partial charge in [-0.2, -0.15) is 0 Å². The second-order valence-corrected chi connectivity index (χ2v) is 13.8. The fraction of sp³-hybridized carbons (Fsp3) is 0.893. The average Bonchev–Trinajstić information content (AvgIpc) is 2.78. The van der Waals surface area contributed by atoms with Gasteiger partial charge in [0.2, 0.25) is 0 Å². The molecule has 0 spiro atoms. The van der Waals surface area contributed by atoms with Gasteiger partial charge in [-0.25, -0.2) is 9.59 Å². The van der Waals surface area contributed by atoms with Gasteiger partial charge in [-0.15, -0.1) is 0 Å². The van der Waals surface area contributed by atoms with E-state index in [0.717, 1.165) is 4.90 Å². The molecule has 1 aliphatic carbocycles. The molecule has 1 aliphatic heterocycles. The van der Waals surface area contributed by atoms with Crippen molar-refractivity contribution in [3.63, 3.8) is 0 Å². The number of aliphatic hydroxyl groups is 4. The third kappa shape index (κ3) is 10.2. The lowest BCUT2D eigenvalue weighted by Crippen LogP contribution is -2.67. The minimum absolute atomic E-state index is 0.0626. The number of amides is 3. The summed E-state index contributed by atoms with van der Waals surface area (Å²) in [7, 11) is 1.44. The summed E-state index contributed by atoms with van der Waals surface area (Å²) in [4.78, 5) is 38.7. The minimum Gasteiger partial charge on any atom is -0.444 e. The largest absolute Gasteiger partial charge is 0.444 e. The molecule has 1 saturated heterocycles. The minimum atomic E-state index is -1.58.